The van der Waals surface area contributed by atoms with Crippen LogP contribution in [0.3, 0.4) is 0 Å². The van der Waals surface area contributed by atoms with E-state index >= 15 is 0 Å². The lowest BCUT2D eigenvalue weighted by molar-refractivity contribution is 0.0913. The minimum Gasteiger partial charge on any atom is -0.495 e. The average Bonchev–Trinajstić information content (AvgIpc) is 3.25. The Morgan fingerprint density at radius 2 is 1.88 bits per heavy atom. The van der Waals surface area contributed by atoms with Crippen molar-refractivity contribution in [1.29, 1.82) is 0 Å². The first-order valence-electron chi connectivity index (χ1n) is 10.1. The number of carbonyl (C=O) groups excluding carboxylic acids is 1. The fourth-order valence-electron chi connectivity index (χ4n) is 3.44. The summed E-state index contributed by atoms with van der Waals surface area (Å²) in [7, 11) is 1.49. The number of methoxy groups -OCH3 is 1. The molecule has 0 unspecified atom stereocenters. The molecule has 0 saturated carbocycles. The van der Waals surface area contributed by atoms with Crippen molar-refractivity contribution in [2.45, 2.75) is 6.10 Å². The molecule has 0 saturated heterocycles. The van der Waals surface area contributed by atoms with Gasteiger partial charge in [0.15, 0.2) is 0 Å². The molecule has 0 aliphatic rings. The van der Waals surface area contributed by atoms with Crippen LogP contribution in [0, 0.1) is 5.82 Å². The molecule has 7 heteroatoms. The number of nitrogens with zero attached hydrogens (tertiary/aromatic N) is 1. The number of hydrogen-bond donors (Lipinski definition) is 3. The second-order valence-corrected chi connectivity index (χ2v) is 7.20. The van der Waals surface area contributed by atoms with Crippen molar-refractivity contribution in [2.24, 2.45) is 0 Å². The number of halogens is 1. The van der Waals surface area contributed by atoms with E-state index in [1.54, 1.807) is 48.6 Å². The summed E-state index contributed by atoms with van der Waals surface area (Å²) < 4.78 is 18.7. The lowest BCUT2D eigenvalue weighted by Gasteiger charge is -2.14. The first kappa shape index (κ1) is 21.3. The predicted octanol–water partition coefficient (Wildman–Crippen LogP) is 4.34. The largest absolute Gasteiger partial charge is 0.495 e. The lowest BCUT2D eigenvalue weighted by atomic mass is 10.1. The predicted molar refractivity (Wildman–Crippen MR) is 122 cm³/mol. The molecule has 0 spiro atoms. The molecule has 162 valence electrons. The quantitative estimate of drug-likeness (QED) is 0.406. The topological polar surface area (TPSA) is 87.2 Å². The van der Waals surface area contributed by atoms with Crippen molar-refractivity contribution < 1.29 is 19.0 Å². The maximum atomic E-state index is 13.1. The van der Waals surface area contributed by atoms with Crippen LogP contribution >= 0.6 is 0 Å². The van der Waals surface area contributed by atoms with Gasteiger partial charge in [0.1, 0.15) is 11.6 Å². The highest BCUT2D eigenvalue weighted by molar-refractivity contribution is 6.05. The van der Waals surface area contributed by atoms with E-state index in [1.807, 2.05) is 18.2 Å². The van der Waals surface area contributed by atoms with Crippen molar-refractivity contribution in [1.82, 2.24) is 15.5 Å². The first-order chi connectivity index (χ1) is 15.6. The fourth-order valence-corrected chi connectivity index (χ4v) is 3.44. The van der Waals surface area contributed by atoms with E-state index in [-0.39, 0.29) is 18.3 Å². The Bertz CT molecular complexity index is 1250. The Balaban J connectivity index is 1.59. The van der Waals surface area contributed by atoms with Crippen LogP contribution in [0.25, 0.3) is 23.1 Å². The molecule has 0 aliphatic carbocycles. The van der Waals surface area contributed by atoms with E-state index in [4.69, 9.17) is 4.74 Å². The number of aromatic nitrogens is 2. The van der Waals surface area contributed by atoms with Gasteiger partial charge in [0.2, 0.25) is 0 Å². The van der Waals surface area contributed by atoms with E-state index in [1.165, 1.54) is 19.2 Å². The number of benzene rings is 3. The summed E-state index contributed by atoms with van der Waals surface area (Å²) >= 11 is 0. The number of ether oxygens (including phenoxy) is 1. The van der Waals surface area contributed by atoms with Crippen LogP contribution in [0.1, 0.15) is 33.3 Å². The molecule has 1 atom stereocenters. The van der Waals surface area contributed by atoms with Crippen LogP contribution in [0.4, 0.5) is 4.39 Å². The van der Waals surface area contributed by atoms with Crippen molar-refractivity contribution >= 4 is 29.0 Å². The zero-order chi connectivity index (χ0) is 22.5. The number of rotatable bonds is 7. The maximum Gasteiger partial charge on any atom is 0.255 e. The summed E-state index contributed by atoms with van der Waals surface area (Å²) in [6.07, 6.45) is 2.75. The highest BCUT2D eigenvalue weighted by atomic mass is 19.1. The Morgan fingerprint density at radius 3 is 2.59 bits per heavy atom. The van der Waals surface area contributed by atoms with Crippen molar-refractivity contribution in [3.63, 3.8) is 0 Å². The number of fused-ring (bicyclic) bond motifs is 1. The number of aliphatic hydroxyl groups is 1. The molecule has 32 heavy (non-hydrogen) atoms. The smallest absolute Gasteiger partial charge is 0.255 e. The van der Waals surface area contributed by atoms with Crippen molar-refractivity contribution in [3.8, 4) is 5.75 Å². The second-order valence-electron chi connectivity index (χ2n) is 7.20. The zero-order valence-electron chi connectivity index (χ0n) is 17.4. The van der Waals surface area contributed by atoms with E-state index in [0.717, 1.165) is 11.1 Å². The summed E-state index contributed by atoms with van der Waals surface area (Å²) in [5.74, 6) is -0.294. The van der Waals surface area contributed by atoms with Crippen molar-refractivity contribution in [2.75, 3.05) is 13.7 Å². The standard InChI is InChI=1S/C25H22FN3O3/c1-32-24-19(25(31)27-15-22(30)17-5-3-2-4-6-17)12-14-21-23(24)20(28-29-21)13-9-16-7-10-18(26)11-8-16/h2-14,22,30H,15H2,1H3,(H,27,31)(H,28,29)/t22-/m0/s1. The molecular weight excluding hydrogens is 409 g/mol. The van der Waals surface area contributed by atoms with Crippen LogP contribution < -0.4 is 10.1 Å². The number of nitrogens with one attached hydrogen (secondary N) is 2. The van der Waals surface area contributed by atoms with Gasteiger partial charge in [-0.3, -0.25) is 9.89 Å². The monoisotopic (exact) mass is 431 g/mol. The molecule has 4 aromatic rings. The molecule has 3 aromatic carbocycles. The van der Waals surface area contributed by atoms with E-state index in [2.05, 4.69) is 15.5 Å². The molecule has 4 rings (SSSR count). The van der Waals surface area contributed by atoms with Crippen LogP contribution in [-0.4, -0.2) is 34.9 Å². The van der Waals surface area contributed by atoms with Crippen LogP contribution in [0.15, 0.2) is 66.7 Å². The normalized spacial score (nSPS) is 12.2. The summed E-state index contributed by atoms with van der Waals surface area (Å²) in [5, 5.41) is 21.0. The third kappa shape index (κ3) is 4.53. The fraction of sp³-hybridized carbons (Fsp3) is 0.120. The number of amides is 1. The summed E-state index contributed by atoms with van der Waals surface area (Å²) in [6.45, 7) is 0.0623. The summed E-state index contributed by atoms with van der Waals surface area (Å²) in [4.78, 5) is 12.9. The third-order valence-corrected chi connectivity index (χ3v) is 5.10. The minimum atomic E-state index is -0.821. The molecule has 1 amide bonds. The molecule has 6 nitrogen and oxygen atoms in total. The average molecular weight is 431 g/mol. The Morgan fingerprint density at radius 1 is 1.12 bits per heavy atom. The molecular formula is C25H22FN3O3. The van der Waals surface area contributed by atoms with E-state index < -0.39 is 6.10 Å². The molecule has 1 aromatic heterocycles. The molecule has 0 aliphatic heterocycles. The van der Waals surface area contributed by atoms with Gasteiger partial charge in [-0.2, -0.15) is 5.10 Å². The molecule has 3 N–H and O–H groups in total. The summed E-state index contributed by atoms with van der Waals surface area (Å²) in [5.41, 5.74) is 3.16. The number of aliphatic hydroxyl groups excluding tert-OH is 1. The molecule has 1 heterocycles. The van der Waals surface area contributed by atoms with Gasteiger partial charge in [-0.25, -0.2) is 4.39 Å². The highest BCUT2D eigenvalue weighted by Gasteiger charge is 2.19. The molecule has 0 bridgehead atoms. The lowest BCUT2D eigenvalue weighted by Crippen LogP contribution is -2.28. The zero-order valence-corrected chi connectivity index (χ0v) is 17.4. The van der Waals surface area contributed by atoms with Gasteiger partial charge >= 0.3 is 0 Å². The van der Waals surface area contributed by atoms with Gasteiger partial charge in [-0.05, 0) is 41.5 Å². The van der Waals surface area contributed by atoms with Gasteiger partial charge in [0, 0.05) is 6.54 Å². The van der Waals surface area contributed by atoms with Gasteiger partial charge in [-0.15, -0.1) is 0 Å². The third-order valence-electron chi connectivity index (χ3n) is 5.10. The second kappa shape index (κ2) is 9.45. The number of aromatic amines is 1. The van der Waals surface area contributed by atoms with Gasteiger partial charge in [0.25, 0.3) is 5.91 Å². The van der Waals surface area contributed by atoms with Crippen LogP contribution in [-0.2, 0) is 0 Å². The maximum absolute atomic E-state index is 13.1. The SMILES string of the molecule is COc1c(C(=O)NC[C@H](O)c2ccccc2)ccc2[nH]nc(C=Cc3ccc(F)cc3)c12. The minimum absolute atomic E-state index is 0.0623. The van der Waals surface area contributed by atoms with Gasteiger partial charge < -0.3 is 15.2 Å². The van der Waals surface area contributed by atoms with E-state index in [9.17, 15) is 14.3 Å². The molecule has 0 radical (unpaired) electrons. The first-order valence-corrected chi connectivity index (χ1v) is 10.1. The number of carbonyl (C=O) groups is 1. The highest BCUT2D eigenvalue weighted by Crippen LogP contribution is 2.32. The van der Waals surface area contributed by atoms with Gasteiger partial charge in [-0.1, -0.05) is 48.5 Å². The summed E-state index contributed by atoms with van der Waals surface area (Å²) in [6, 6.07) is 18.6. The van der Waals surface area contributed by atoms with Gasteiger partial charge in [0.05, 0.1) is 35.4 Å². The van der Waals surface area contributed by atoms with Crippen molar-refractivity contribution in [3.05, 3.63) is 94.9 Å². The van der Waals surface area contributed by atoms with Crippen LogP contribution in [0.2, 0.25) is 0 Å². The Labute approximate surface area is 184 Å². The van der Waals surface area contributed by atoms with E-state index in [0.29, 0.717) is 27.9 Å². The Hall–Kier alpha value is -3.97. The Kier molecular flexibility index (Phi) is 6.28. The number of hydrogen-bond acceptors (Lipinski definition) is 4. The number of H-pyrrole nitrogens is 1. The molecule has 0 fully saturated rings. The van der Waals surface area contributed by atoms with Crippen LogP contribution in [0.5, 0.6) is 5.75 Å².